The number of aromatic nitrogens is 1. The molecule has 102 valence electrons. The second kappa shape index (κ2) is 5.23. The van der Waals surface area contributed by atoms with Crippen LogP contribution >= 0.6 is 22.7 Å². The molecule has 0 aromatic carbocycles. The lowest BCUT2D eigenvalue weighted by Crippen LogP contribution is -2.20. The molecule has 2 aromatic rings. The lowest BCUT2D eigenvalue weighted by molar-refractivity contribution is 0.284. The first kappa shape index (κ1) is 13.1. The van der Waals surface area contributed by atoms with Crippen LogP contribution in [0.4, 0.5) is 5.13 Å². The number of hydrogen-bond acceptors (Lipinski definition) is 5. The van der Waals surface area contributed by atoms with Crippen LogP contribution in [0.1, 0.15) is 47.2 Å². The van der Waals surface area contributed by atoms with Gasteiger partial charge in [0, 0.05) is 17.8 Å². The first-order valence-electron chi connectivity index (χ1n) is 6.57. The molecule has 3 rings (SSSR count). The molecular formula is C14H18N2OS2. The van der Waals surface area contributed by atoms with Crippen molar-refractivity contribution < 1.29 is 5.11 Å². The summed E-state index contributed by atoms with van der Waals surface area (Å²) < 4.78 is 0. The number of hydrogen-bond donors (Lipinski definition) is 1. The van der Waals surface area contributed by atoms with Gasteiger partial charge in [-0.2, -0.15) is 0 Å². The van der Waals surface area contributed by atoms with Gasteiger partial charge in [-0.1, -0.05) is 17.4 Å². The van der Waals surface area contributed by atoms with Crippen LogP contribution in [0.15, 0.2) is 17.5 Å². The summed E-state index contributed by atoms with van der Waals surface area (Å²) >= 11 is 3.41. The fourth-order valence-corrected chi connectivity index (χ4v) is 4.05. The average molecular weight is 294 g/mol. The number of aliphatic hydroxyl groups is 1. The molecule has 1 aliphatic carbocycles. The zero-order valence-corrected chi connectivity index (χ0v) is 12.8. The average Bonchev–Trinajstić information content (AvgIpc) is 2.97. The second-order valence-corrected chi connectivity index (χ2v) is 7.08. The number of aliphatic hydroxyl groups excluding tert-OH is 1. The van der Waals surface area contributed by atoms with Crippen LogP contribution in [0.25, 0.3) is 0 Å². The molecule has 0 amide bonds. The van der Waals surface area contributed by atoms with Crippen molar-refractivity contribution in [3.63, 3.8) is 0 Å². The maximum absolute atomic E-state index is 9.47. The molecule has 0 saturated heterocycles. The van der Waals surface area contributed by atoms with E-state index in [1.165, 1.54) is 17.7 Å². The van der Waals surface area contributed by atoms with E-state index >= 15 is 0 Å². The Morgan fingerprint density at radius 2 is 2.32 bits per heavy atom. The van der Waals surface area contributed by atoms with Crippen LogP contribution < -0.4 is 4.90 Å². The highest BCUT2D eigenvalue weighted by atomic mass is 32.1. The summed E-state index contributed by atoms with van der Waals surface area (Å²) in [5.74, 6) is 0.595. The van der Waals surface area contributed by atoms with Gasteiger partial charge in [-0.15, -0.1) is 11.3 Å². The molecule has 2 heterocycles. The van der Waals surface area contributed by atoms with E-state index < -0.39 is 0 Å². The van der Waals surface area contributed by atoms with E-state index in [0.29, 0.717) is 12.0 Å². The smallest absolute Gasteiger partial charge is 0.186 e. The molecule has 0 aliphatic heterocycles. The fourth-order valence-electron chi connectivity index (χ4n) is 2.18. The van der Waals surface area contributed by atoms with E-state index in [1.54, 1.807) is 22.7 Å². The standard InChI is InChI=1S/C14H18N2OS2/c1-9(11-4-3-7-18-11)16(2)14-15-13(10-5-6-10)12(8-17)19-14/h3-4,7,9-10,17H,5-6,8H2,1-2H3. The molecule has 1 aliphatic rings. The molecule has 3 nitrogen and oxygen atoms in total. The van der Waals surface area contributed by atoms with Crippen LogP contribution in [0.2, 0.25) is 0 Å². The Balaban J connectivity index is 1.85. The zero-order chi connectivity index (χ0) is 13.4. The molecule has 0 radical (unpaired) electrons. The molecule has 1 N–H and O–H groups in total. The van der Waals surface area contributed by atoms with Gasteiger partial charge in [-0.3, -0.25) is 0 Å². The largest absolute Gasteiger partial charge is 0.391 e. The zero-order valence-electron chi connectivity index (χ0n) is 11.2. The Hall–Kier alpha value is -0.910. The molecular weight excluding hydrogens is 276 g/mol. The number of rotatable bonds is 5. The molecule has 1 unspecified atom stereocenters. The summed E-state index contributed by atoms with van der Waals surface area (Å²) in [6.07, 6.45) is 2.45. The number of nitrogens with zero attached hydrogens (tertiary/aromatic N) is 2. The maximum atomic E-state index is 9.47. The predicted molar refractivity (Wildman–Crippen MR) is 81.1 cm³/mol. The van der Waals surface area contributed by atoms with Crippen molar-refractivity contribution >= 4 is 27.8 Å². The summed E-state index contributed by atoms with van der Waals surface area (Å²) in [6, 6.07) is 4.57. The highest BCUT2D eigenvalue weighted by Gasteiger charge is 2.30. The topological polar surface area (TPSA) is 36.4 Å². The van der Waals surface area contributed by atoms with Gasteiger partial charge in [-0.25, -0.2) is 4.98 Å². The Morgan fingerprint density at radius 3 is 2.89 bits per heavy atom. The Labute approximate surface area is 121 Å². The third-order valence-corrected chi connectivity index (χ3v) is 5.85. The lowest BCUT2D eigenvalue weighted by Gasteiger charge is -2.23. The summed E-state index contributed by atoms with van der Waals surface area (Å²) in [4.78, 5) is 9.36. The molecule has 0 bridgehead atoms. The van der Waals surface area contributed by atoms with Crippen LogP contribution in [-0.2, 0) is 6.61 Å². The van der Waals surface area contributed by atoms with Crippen LogP contribution in [-0.4, -0.2) is 17.1 Å². The van der Waals surface area contributed by atoms with E-state index in [9.17, 15) is 5.11 Å². The predicted octanol–water partition coefficient (Wildman–Crippen LogP) is 3.77. The normalized spacial score (nSPS) is 16.6. The van der Waals surface area contributed by atoms with Crippen molar-refractivity contribution in [2.75, 3.05) is 11.9 Å². The van der Waals surface area contributed by atoms with E-state index in [-0.39, 0.29) is 6.61 Å². The summed E-state index contributed by atoms with van der Waals surface area (Å²) in [5.41, 5.74) is 1.13. The van der Waals surface area contributed by atoms with Crippen molar-refractivity contribution in [2.24, 2.45) is 0 Å². The van der Waals surface area contributed by atoms with Crippen molar-refractivity contribution in [3.05, 3.63) is 33.0 Å². The third-order valence-electron chi connectivity index (χ3n) is 3.66. The Morgan fingerprint density at radius 1 is 1.53 bits per heavy atom. The van der Waals surface area contributed by atoms with Gasteiger partial charge in [0.15, 0.2) is 5.13 Å². The number of thiophene rings is 1. The van der Waals surface area contributed by atoms with E-state index in [2.05, 4.69) is 36.4 Å². The van der Waals surface area contributed by atoms with Gasteiger partial charge >= 0.3 is 0 Å². The Kier molecular flexibility index (Phi) is 3.60. The highest BCUT2D eigenvalue weighted by molar-refractivity contribution is 7.15. The highest BCUT2D eigenvalue weighted by Crippen LogP contribution is 2.44. The minimum Gasteiger partial charge on any atom is -0.391 e. The van der Waals surface area contributed by atoms with Gasteiger partial charge in [0.05, 0.1) is 23.2 Å². The van der Waals surface area contributed by atoms with Crippen LogP contribution in [0.3, 0.4) is 0 Å². The monoisotopic (exact) mass is 294 g/mol. The molecule has 1 fully saturated rings. The van der Waals surface area contributed by atoms with E-state index in [4.69, 9.17) is 4.98 Å². The molecule has 19 heavy (non-hydrogen) atoms. The summed E-state index contributed by atoms with van der Waals surface area (Å²) in [6.45, 7) is 2.31. The third kappa shape index (κ3) is 2.55. The van der Waals surface area contributed by atoms with Gasteiger partial charge in [0.25, 0.3) is 0 Å². The van der Waals surface area contributed by atoms with Gasteiger partial charge in [0.1, 0.15) is 0 Å². The first-order chi connectivity index (χ1) is 9.20. The lowest BCUT2D eigenvalue weighted by atomic mass is 10.2. The second-order valence-electron chi connectivity index (χ2n) is 5.04. The first-order valence-corrected chi connectivity index (χ1v) is 8.27. The number of anilines is 1. The minimum absolute atomic E-state index is 0.116. The fraction of sp³-hybridized carbons (Fsp3) is 0.500. The molecule has 2 aromatic heterocycles. The van der Waals surface area contributed by atoms with Gasteiger partial charge in [0.2, 0.25) is 0 Å². The molecule has 5 heteroatoms. The van der Waals surface area contributed by atoms with Crippen molar-refractivity contribution in [3.8, 4) is 0 Å². The SMILES string of the molecule is CC(c1cccs1)N(C)c1nc(C2CC2)c(CO)s1. The molecule has 1 saturated carbocycles. The minimum atomic E-state index is 0.116. The van der Waals surface area contributed by atoms with E-state index in [0.717, 1.165) is 15.7 Å². The van der Waals surface area contributed by atoms with E-state index in [1.807, 2.05) is 0 Å². The quantitative estimate of drug-likeness (QED) is 0.912. The Bertz CT molecular complexity index is 546. The van der Waals surface area contributed by atoms with Crippen LogP contribution in [0.5, 0.6) is 0 Å². The molecule has 0 spiro atoms. The van der Waals surface area contributed by atoms with Crippen LogP contribution in [0, 0.1) is 0 Å². The van der Waals surface area contributed by atoms with Crippen molar-refractivity contribution in [1.82, 2.24) is 4.98 Å². The maximum Gasteiger partial charge on any atom is 0.186 e. The summed E-state index contributed by atoms with van der Waals surface area (Å²) in [7, 11) is 2.08. The van der Waals surface area contributed by atoms with Crippen molar-refractivity contribution in [2.45, 2.75) is 38.3 Å². The van der Waals surface area contributed by atoms with Crippen molar-refractivity contribution in [1.29, 1.82) is 0 Å². The molecule has 1 atom stereocenters. The van der Waals surface area contributed by atoms with Gasteiger partial charge in [-0.05, 0) is 31.2 Å². The number of thiazole rings is 1. The van der Waals surface area contributed by atoms with Gasteiger partial charge < -0.3 is 10.0 Å². The summed E-state index contributed by atoms with van der Waals surface area (Å²) in [5, 5.41) is 12.6.